The van der Waals surface area contributed by atoms with Crippen molar-refractivity contribution in [2.24, 2.45) is 5.73 Å². The lowest BCUT2D eigenvalue weighted by molar-refractivity contribution is 0.0978. The van der Waals surface area contributed by atoms with Crippen molar-refractivity contribution in [2.45, 2.75) is 18.9 Å². The first-order chi connectivity index (χ1) is 10.0. The zero-order valence-electron chi connectivity index (χ0n) is 11.9. The van der Waals surface area contributed by atoms with Crippen LogP contribution in [0, 0.1) is 6.92 Å². The number of aliphatic hydroxyl groups excluding tert-OH is 2. The van der Waals surface area contributed by atoms with Gasteiger partial charge in [0.1, 0.15) is 0 Å². The van der Waals surface area contributed by atoms with Crippen LogP contribution in [0.3, 0.4) is 0 Å². The number of primary amides is 1. The smallest absolute Gasteiger partial charge is 0.248 e. The fourth-order valence-electron chi connectivity index (χ4n) is 2.46. The molecule has 0 spiro atoms. The fourth-order valence-corrected chi connectivity index (χ4v) is 2.46. The molecule has 1 amide bonds. The van der Waals surface area contributed by atoms with Crippen molar-refractivity contribution in [3.63, 3.8) is 0 Å². The number of hydrogen-bond acceptors (Lipinski definition) is 3. The van der Waals surface area contributed by atoms with Crippen molar-refractivity contribution in [1.82, 2.24) is 0 Å². The average Bonchev–Trinajstić information content (AvgIpc) is 2.48. The van der Waals surface area contributed by atoms with Gasteiger partial charge in [0.25, 0.3) is 0 Å². The summed E-state index contributed by atoms with van der Waals surface area (Å²) >= 11 is 0. The molecule has 0 aliphatic carbocycles. The van der Waals surface area contributed by atoms with Crippen LogP contribution in [0.15, 0.2) is 48.5 Å². The summed E-state index contributed by atoms with van der Waals surface area (Å²) in [5.74, 6) is -1.17. The van der Waals surface area contributed by atoms with Crippen molar-refractivity contribution in [1.29, 1.82) is 0 Å². The number of benzene rings is 2. The number of hydrogen-bond donors (Lipinski definition) is 3. The first-order valence-corrected chi connectivity index (χ1v) is 6.78. The maximum Gasteiger partial charge on any atom is 0.248 e. The number of aryl methyl sites for hydroxylation is 1. The van der Waals surface area contributed by atoms with Gasteiger partial charge >= 0.3 is 0 Å². The van der Waals surface area contributed by atoms with Crippen molar-refractivity contribution in [3.8, 4) is 0 Å². The maximum absolute atomic E-state index is 11.6. The SMILES string of the molecule is Cc1ccc(C(N)=O)c([C@@H](CO)[C@H](O)c2ccccc2)c1. The second kappa shape index (κ2) is 6.52. The summed E-state index contributed by atoms with van der Waals surface area (Å²) in [5.41, 5.74) is 7.92. The minimum absolute atomic E-state index is 0.278. The lowest BCUT2D eigenvalue weighted by atomic mass is 9.86. The summed E-state index contributed by atoms with van der Waals surface area (Å²) in [5, 5.41) is 20.2. The van der Waals surface area contributed by atoms with Crippen LogP contribution in [-0.2, 0) is 0 Å². The van der Waals surface area contributed by atoms with Crippen LogP contribution in [0.4, 0.5) is 0 Å². The van der Waals surface area contributed by atoms with Gasteiger partial charge in [-0.15, -0.1) is 0 Å². The Hall–Kier alpha value is -2.17. The highest BCUT2D eigenvalue weighted by atomic mass is 16.3. The highest BCUT2D eigenvalue weighted by Crippen LogP contribution is 2.33. The molecule has 0 fully saturated rings. The number of rotatable bonds is 5. The van der Waals surface area contributed by atoms with Crippen LogP contribution in [0.2, 0.25) is 0 Å². The Morgan fingerprint density at radius 1 is 1.19 bits per heavy atom. The fraction of sp³-hybridized carbons (Fsp3) is 0.235. The molecule has 0 unspecified atom stereocenters. The molecule has 2 aromatic rings. The van der Waals surface area contributed by atoms with Gasteiger partial charge in [0.15, 0.2) is 0 Å². The molecule has 2 rings (SSSR count). The van der Waals surface area contributed by atoms with Crippen molar-refractivity contribution in [3.05, 3.63) is 70.8 Å². The second-order valence-corrected chi connectivity index (χ2v) is 5.10. The molecule has 110 valence electrons. The van der Waals surface area contributed by atoms with E-state index in [0.717, 1.165) is 5.56 Å². The van der Waals surface area contributed by atoms with E-state index >= 15 is 0 Å². The molecule has 2 aromatic carbocycles. The Morgan fingerprint density at radius 3 is 2.43 bits per heavy atom. The van der Waals surface area contributed by atoms with Crippen molar-refractivity contribution in [2.75, 3.05) is 6.61 Å². The quantitative estimate of drug-likeness (QED) is 0.784. The third kappa shape index (κ3) is 3.29. The predicted molar refractivity (Wildman–Crippen MR) is 80.9 cm³/mol. The van der Waals surface area contributed by atoms with Gasteiger partial charge < -0.3 is 15.9 Å². The number of amides is 1. The topological polar surface area (TPSA) is 83.6 Å². The van der Waals surface area contributed by atoms with E-state index in [2.05, 4.69) is 0 Å². The standard InChI is InChI=1S/C17H19NO3/c1-11-7-8-13(17(18)21)14(9-11)15(10-19)16(20)12-5-3-2-4-6-12/h2-9,15-16,19-20H,10H2,1H3,(H2,18,21)/t15-,16-/m1/s1. The third-order valence-corrected chi connectivity index (χ3v) is 3.59. The molecule has 21 heavy (non-hydrogen) atoms. The van der Waals surface area contributed by atoms with Gasteiger partial charge in [-0.3, -0.25) is 4.79 Å². The molecule has 0 saturated carbocycles. The van der Waals surface area contributed by atoms with Crippen LogP contribution < -0.4 is 5.73 Å². The molecule has 0 saturated heterocycles. The highest BCUT2D eigenvalue weighted by Gasteiger charge is 2.25. The monoisotopic (exact) mass is 285 g/mol. The second-order valence-electron chi connectivity index (χ2n) is 5.10. The van der Waals surface area contributed by atoms with Gasteiger partial charge in [0, 0.05) is 11.5 Å². The predicted octanol–water partition coefficient (Wildman–Crippen LogP) is 1.90. The Balaban J connectivity index is 2.46. The van der Waals surface area contributed by atoms with Gasteiger partial charge in [-0.05, 0) is 24.1 Å². The molecule has 4 N–H and O–H groups in total. The Morgan fingerprint density at radius 2 is 1.86 bits per heavy atom. The number of aliphatic hydroxyl groups is 2. The summed E-state index contributed by atoms with van der Waals surface area (Å²) < 4.78 is 0. The molecule has 0 bridgehead atoms. The molecule has 2 atom stereocenters. The van der Waals surface area contributed by atoms with Gasteiger partial charge in [0.05, 0.1) is 12.7 Å². The molecular formula is C17H19NO3. The van der Waals surface area contributed by atoms with E-state index in [1.54, 1.807) is 30.3 Å². The van der Waals surface area contributed by atoms with Gasteiger partial charge in [-0.1, -0.05) is 48.0 Å². The summed E-state index contributed by atoms with van der Waals surface area (Å²) in [4.78, 5) is 11.6. The maximum atomic E-state index is 11.6. The van der Waals surface area contributed by atoms with Gasteiger partial charge in [0.2, 0.25) is 5.91 Å². The van der Waals surface area contributed by atoms with E-state index < -0.39 is 17.9 Å². The first-order valence-electron chi connectivity index (χ1n) is 6.78. The molecular weight excluding hydrogens is 266 g/mol. The van der Waals surface area contributed by atoms with E-state index in [0.29, 0.717) is 16.7 Å². The summed E-state index contributed by atoms with van der Waals surface area (Å²) in [6, 6.07) is 14.3. The van der Waals surface area contributed by atoms with Gasteiger partial charge in [-0.2, -0.15) is 0 Å². The molecule has 0 heterocycles. The summed E-state index contributed by atoms with van der Waals surface area (Å²) in [6.07, 6.45) is -0.906. The lowest BCUT2D eigenvalue weighted by Gasteiger charge is -2.24. The van der Waals surface area contributed by atoms with Gasteiger partial charge in [-0.25, -0.2) is 0 Å². The summed E-state index contributed by atoms with van der Waals surface area (Å²) in [6.45, 7) is 1.61. The zero-order valence-corrected chi connectivity index (χ0v) is 11.9. The van der Waals surface area contributed by atoms with Crippen LogP contribution in [0.5, 0.6) is 0 Å². The number of nitrogens with two attached hydrogens (primary N) is 1. The minimum Gasteiger partial charge on any atom is -0.396 e. The number of carbonyl (C=O) groups excluding carboxylic acids is 1. The molecule has 4 heteroatoms. The normalized spacial score (nSPS) is 13.7. The van der Waals surface area contributed by atoms with E-state index in [-0.39, 0.29) is 6.61 Å². The van der Waals surface area contributed by atoms with E-state index in [1.807, 2.05) is 25.1 Å². The van der Waals surface area contributed by atoms with Crippen LogP contribution >= 0.6 is 0 Å². The van der Waals surface area contributed by atoms with E-state index in [9.17, 15) is 15.0 Å². The molecule has 0 aliphatic heterocycles. The lowest BCUT2D eigenvalue weighted by Crippen LogP contribution is -2.21. The highest BCUT2D eigenvalue weighted by molar-refractivity contribution is 5.94. The van der Waals surface area contributed by atoms with E-state index in [1.165, 1.54) is 0 Å². The Labute approximate surface area is 123 Å². The third-order valence-electron chi connectivity index (χ3n) is 3.59. The minimum atomic E-state index is -0.906. The zero-order chi connectivity index (χ0) is 15.4. The van der Waals surface area contributed by atoms with Crippen LogP contribution in [0.1, 0.15) is 39.1 Å². The molecule has 0 aromatic heterocycles. The molecule has 0 radical (unpaired) electrons. The van der Waals surface area contributed by atoms with E-state index in [4.69, 9.17) is 5.73 Å². The van der Waals surface area contributed by atoms with Crippen LogP contribution in [-0.4, -0.2) is 22.7 Å². The average molecular weight is 285 g/mol. The number of carbonyl (C=O) groups is 1. The van der Waals surface area contributed by atoms with Crippen molar-refractivity contribution >= 4 is 5.91 Å². The Bertz CT molecular complexity index is 625. The Kier molecular flexibility index (Phi) is 4.73. The molecule has 4 nitrogen and oxygen atoms in total. The van der Waals surface area contributed by atoms with Crippen molar-refractivity contribution < 1.29 is 15.0 Å². The summed E-state index contributed by atoms with van der Waals surface area (Å²) in [7, 11) is 0. The first kappa shape index (κ1) is 15.2. The largest absolute Gasteiger partial charge is 0.396 e. The molecule has 0 aliphatic rings. The van der Waals surface area contributed by atoms with Crippen LogP contribution in [0.25, 0.3) is 0 Å².